The quantitative estimate of drug-likeness (QED) is 0.241. The molecule has 182 valence electrons. The van der Waals surface area contributed by atoms with Gasteiger partial charge in [-0.25, -0.2) is 4.98 Å². The van der Waals surface area contributed by atoms with Gasteiger partial charge in [0.05, 0.1) is 0 Å². The van der Waals surface area contributed by atoms with E-state index in [0.717, 1.165) is 22.6 Å². The fourth-order valence-corrected chi connectivity index (χ4v) is 6.04. The van der Waals surface area contributed by atoms with Crippen LogP contribution in [0.4, 0.5) is 17.2 Å². The molecule has 1 heterocycles. The summed E-state index contributed by atoms with van der Waals surface area (Å²) >= 11 is 0. The first-order chi connectivity index (χ1) is 19.3. The molecule has 0 fully saturated rings. The molecule has 0 atom stereocenters. The summed E-state index contributed by atoms with van der Waals surface area (Å²) in [7, 11) is 0. The van der Waals surface area contributed by atoms with Gasteiger partial charge in [-0.15, -0.1) is 0 Å². The van der Waals surface area contributed by atoms with Crippen LogP contribution < -0.4 is 4.90 Å². The van der Waals surface area contributed by atoms with E-state index in [1.54, 1.807) is 0 Å². The number of nitrogens with zero attached hydrogens (tertiary/aromatic N) is 2. The van der Waals surface area contributed by atoms with Crippen molar-refractivity contribution < 1.29 is 0 Å². The van der Waals surface area contributed by atoms with E-state index in [-0.39, 0.29) is 0 Å². The Bertz CT molecular complexity index is 1980. The van der Waals surface area contributed by atoms with Crippen molar-refractivity contribution in [2.45, 2.75) is 0 Å². The zero-order valence-electron chi connectivity index (χ0n) is 21.3. The number of aromatic nitrogens is 1. The molecule has 2 heteroatoms. The summed E-state index contributed by atoms with van der Waals surface area (Å²) in [6.45, 7) is 0. The molecular formula is C37H24N2. The van der Waals surface area contributed by atoms with Gasteiger partial charge >= 0.3 is 0 Å². The van der Waals surface area contributed by atoms with Crippen molar-refractivity contribution >= 4 is 38.7 Å². The number of fused-ring (bicyclic) bond motifs is 4. The molecule has 0 saturated carbocycles. The molecule has 1 aliphatic rings. The van der Waals surface area contributed by atoms with Crippen molar-refractivity contribution in [1.82, 2.24) is 4.98 Å². The van der Waals surface area contributed by atoms with E-state index in [4.69, 9.17) is 4.98 Å². The first kappa shape index (κ1) is 21.8. The maximum absolute atomic E-state index is 4.85. The molecule has 0 unspecified atom stereocenters. The number of rotatable bonds is 4. The maximum atomic E-state index is 4.85. The van der Waals surface area contributed by atoms with Gasteiger partial charge in [-0.05, 0) is 79.9 Å². The van der Waals surface area contributed by atoms with Gasteiger partial charge < -0.3 is 0 Å². The molecule has 1 aliphatic carbocycles. The highest BCUT2D eigenvalue weighted by molar-refractivity contribution is 6.18. The predicted octanol–water partition coefficient (Wildman–Crippen LogP) is 10.2. The number of anilines is 3. The van der Waals surface area contributed by atoms with E-state index in [0.29, 0.717) is 0 Å². The summed E-state index contributed by atoms with van der Waals surface area (Å²) in [5.41, 5.74) is 9.92. The summed E-state index contributed by atoms with van der Waals surface area (Å²) in [4.78, 5) is 7.08. The Balaban J connectivity index is 1.24. The average Bonchev–Trinajstić information content (AvgIpc) is 3.34. The van der Waals surface area contributed by atoms with E-state index in [2.05, 4.69) is 138 Å². The molecule has 0 aliphatic heterocycles. The molecule has 2 nitrogen and oxygen atoms in total. The second-order valence-electron chi connectivity index (χ2n) is 10.0. The predicted molar refractivity (Wildman–Crippen MR) is 164 cm³/mol. The smallest absolute Gasteiger partial charge is 0.138 e. The van der Waals surface area contributed by atoms with Gasteiger partial charge in [-0.1, -0.05) is 109 Å². The summed E-state index contributed by atoms with van der Waals surface area (Å²) in [6, 6.07) is 49.8. The molecule has 0 radical (unpaired) electrons. The first-order valence-electron chi connectivity index (χ1n) is 13.3. The highest BCUT2D eigenvalue weighted by atomic mass is 15.2. The lowest BCUT2D eigenvalue weighted by Crippen LogP contribution is -2.11. The molecule has 6 aromatic carbocycles. The fraction of sp³-hybridized carbons (Fsp3) is 0. The van der Waals surface area contributed by atoms with E-state index >= 15 is 0 Å². The lowest BCUT2D eigenvalue weighted by molar-refractivity contribution is 1.19. The van der Waals surface area contributed by atoms with Crippen LogP contribution in [0.25, 0.3) is 54.9 Å². The number of benzene rings is 6. The Morgan fingerprint density at radius 2 is 1.05 bits per heavy atom. The molecule has 1 aromatic heterocycles. The lowest BCUT2D eigenvalue weighted by Gasteiger charge is -2.25. The Morgan fingerprint density at radius 1 is 0.436 bits per heavy atom. The van der Waals surface area contributed by atoms with Crippen LogP contribution in [-0.4, -0.2) is 4.98 Å². The molecule has 0 spiro atoms. The van der Waals surface area contributed by atoms with Gasteiger partial charge in [-0.2, -0.15) is 0 Å². The van der Waals surface area contributed by atoms with Gasteiger partial charge in [-0.3, -0.25) is 4.90 Å². The lowest BCUT2D eigenvalue weighted by atomic mass is 9.94. The van der Waals surface area contributed by atoms with E-state index in [1.807, 2.05) is 12.3 Å². The molecule has 0 saturated heterocycles. The number of para-hydroxylation sites is 1. The van der Waals surface area contributed by atoms with Crippen molar-refractivity contribution in [2.75, 3.05) is 4.90 Å². The van der Waals surface area contributed by atoms with Crippen molar-refractivity contribution in [3.8, 4) is 33.4 Å². The third kappa shape index (κ3) is 3.46. The van der Waals surface area contributed by atoms with Crippen LogP contribution >= 0.6 is 0 Å². The van der Waals surface area contributed by atoms with Crippen molar-refractivity contribution in [2.24, 2.45) is 0 Å². The van der Waals surface area contributed by atoms with Gasteiger partial charge in [0.15, 0.2) is 0 Å². The summed E-state index contributed by atoms with van der Waals surface area (Å²) < 4.78 is 0. The molecule has 8 rings (SSSR count). The monoisotopic (exact) mass is 496 g/mol. The molecule has 7 aromatic rings. The van der Waals surface area contributed by atoms with Crippen LogP contribution in [0.3, 0.4) is 0 Å². The van der Waals surface area contributed by atoms with Crippen molar-refractivity contribution in [1.29, 1.82) is 0 Å². The largest absolute Gasteiger partial charge is 0.295 e. The third-order valence-electron chi connectivity index (χ3n) is 7.84. The van der Waals surface area contributed by atoms with Gasteiger partial charge in [0.25, 0.3) is 0 Å². The Morgan fingerprint density at radius 3 is 1.85 bits per heavy atom. The van der Waals surface area contributed by atoms with Crippen LogP contribution in [0.1, 0.15) is 0 Å². The van der Waals surface area contributed by atoms with Gasteiger partial charge in [0.2, 0.25) is 0 Å². The number of hydrogen-bond acceptors (Lipinski definition) is 2. The molecule has 0 amide bonds. The SMILES string of the molecule is c1ccc(N(c2ccc(-c3ccc4c5c(cccc35)-c3ccccc3-4)cc2)c2cc3ccccc3cn2)cc1. The minimum Gasteiger partial charge on any atom is -0.295 e. The summed E-state index contributed by atoms with van der Waals surface area (Å²) in [5.74, 6) is 0.899. The number of pyridine rings is 1. The van der Waals surface area contributed by atoms with Crippen LogP contribution in [-0.2, 0) is 0 Å². The van der Waals surface area contributed by atoms with E-state index < -0.39 is 0 Å². The number of hydrogen-bond donors (Lipinski definition) is 0. The summed E-state index contributed by atoms with van der Waals surface area (Å²) in [6.07, 6.45) is 1.96. The topological polar surface area (TPSA) is 16.1 Å². The third-order valence-corrected chi connectivity index (χ3v) is 7.84. The molecule has 39 heavy (non-hydrogen) atoms. The van der Waals surface area contributed by atoms with Crippen molar-refractivity contribution in [3.63, 3.8) is 0 Å². The second kappa shape index (κ2) is 8.68. The van der Waals surface area contributed by atoms with E-state index in [9.17, 15) is 0 Å². The average molecular weight is 497 g/mol. The Kier molecular flexibility index (Phi) is 4.86. The van der Waals surface area contributed by atoms with Crippen LogP contribution in [0.15, 0.2) is 146 Å². The van der Waals surface area contributed by atoms with Crippen LogP contribution in [0.2, 0.25) is 0 Å². The highest BCUT2D eigenvalue weighted by Crippen LogP contribution is 2.49. The van der Waals surface area contributed by atoms with Crippen molar-refractivity contribution in [3.05, 3.63) is 146 Å². The van der Waals surface area contributed by atoms with Crippen LogP contribution in [0.5, 0.6) is 0 Å². The fourth-order valence-electron chi connectivity index (χ4n) is 6.04. The molecule has 0 N–H and O–H groups in total. The first-order valence-corrected chi connectivity index (χ1v) is 13.3. The Labute approximate surface area is 227 Å². The Hall–Kier alpha value is -5.21. The zero-order chi connectivity index (χ0) is 25.8. The second-order valence-corrected chi connectivity index (χ2v) is 10.0. The maximum Gasteiger partial charge on any atom is 0.138 e. The van der Waals surface area contributed by atoms with Crippen LogP contribution in [0, 0.1) is 0 Å². The molecule has 0 bridgehead atoms. The normalized spacial score (nSPS) is 11.6. The standard InChI is InChI=1S/C37H24N2/c1-2-11-28(12-3-1)39(36-23-26-9-4-5-10-27(26)24-38-36)29-19-17-25(18-20-29)30-21-22-35-32-14-7-6-13-31(32)34-16-8-15-33(30)37(34)35/h1-24H. The van der Waals surface area contributed by atoms with E-state index in [1.165, 1.54) is 49.5 Å². The zero-order valence-corrected chi connectivity index (χ0v) is 21.3. The van der Waals surface area contributed by atoms with Gasteiger partial charge in [0, 0.05) is 23.0 Å². The molecular weight excluding hydrogens is 472 g/mol. The summed E-state index contributed by atoms with van der Waals surface area (Å²) in [5, 5.41) is 4.96. The highest BCUT2D eigenvalue weighted by Gasteiger charge is 2.22. The minimum absolute atomic E-state index is 0.899. The minimum atomic E-state index is 0.899. The van der Waals surface area contributed by atoms with Gasteiger partial charge in [0.1, 0.15) is 5.82 Å².